The summed E-state index contributed by atoms with van der Waals surface area (Å²) >= 11 is 0.850. The molecule has 0 aliphatic heterocycles. The average molecular weight is 445 g/mol. The molecule has 0 bridgehead atoms. The van der Waals surface area contributed by atoms with E-state index in [1.54, 1.807) is 20.8 Å². The first-order valence-electron chi connectivity index (χ1n) is 9.39. The highest BCUT2D eigenvalue weighted by atomic mass is 32.2. The van der Waals surface area contributed by atoms with Crippen LogP contribution < -0.4 is 5.32 Å². The van der Waals surface area contributed by atoms with Crippen LogP contribution in [0.5, 0.6) is 0 Å². The predicted molar refractivity (Wildman–Crippen MR) is 117 cm³/mol. The molecule has 3 rings (SSSR count). The predicted octanol–water partition coefficient (Wildman–Crippen LogP) is 3.91. The number of carbonyl (C=O) groups is 1. The molecule has 0 radical (unpaired) electrons. The number of amides is 1. The van der Waals surface area contributed by atoms with E-state index in [2.05, 4.69) is 15.5 Å². The molecule has 7 nitrogen and oxygen atoms in total. The molecule has 0 aliphatic carbocycles. The fourth-order valence-electron chi connectivity index (χ4n) is 2.56. The number of nitrogens with zero attached hydrogens (tertiary/aromatic N) is 3. The van der Waals surface area contributed by atoms with E-state index in [9.17, 15) is 13.2 Å². The number of sulfonamides is 1. The molecule has 0 spiro atoms. The Hall–Kier alpha value is -2.62. The van der Waals surface area contributed by atoms with E-state index in [0.717, 1.165) is 22.5 Å². The average Bonchev–Trinajstić information content (AvgIpc) is 3.18. The van der Waals surface area contributed by atoms with Gasteiger partial charge in [-0.15, -0.1) is 10.2 Å². The third kappa shape index (κ3) is 5.50. The Balaban J connectivity index is 1.88. The van der Waals surface area contributed by atoms with E-state index in [1.165, 1.54) is 4.31 Å². The number of aromatic nitrogens is 2. The first kappa shape index (κ1) is 22.1. The number of benzene rings is 2. The number of hydrogen-bond acceptors (Lipinski definition) is 6. The first-order chi connectivity index (χ1) is 14.2. The van der Waals surface area contributed by atoms with Crippen molar-refractivity contribution in [2.45, 2.75) is 38.2 Å². The molecule has 9 heteroatoms. The van der Waals surface area contributed by atoms with Gasteiger partial charge >= 0.3 is 0 Å². The number of carbonyl (C=O) groups excluding carboxylic acids is 1. The van der Waals surface area contributed by atoms with Crippen LogP contribution in [0.15, 0.2) is 65.0 Å². The number of nitrogens with one attached hydrogen (secondary N) is 1. The molecule has 0 saturated carbocycles. The van der Waals surface area contributed by atoms with Crippen molar-refractivity contribution in [3.63, 3.8) is 0 Å². The highest BCUT2D eigenvalue weighted by Gasteiger charge is 2.30. The lowest BCUT2D eigenvalue weighted by Gasteiger charge is -2.21. The van der Waals surface area contributed by atoms with Crippen LogP contribution in [0, 0.1) is 5.41 Å². The zero-order valence-corrected chi connectivity index (χ0v) is 18.7. The first-order valence-corrected chi connectivity index (χ1v) is 11.6. The normalized spacial score (nSPS) is 12.1. The third-order valence-corrected chi connectivity index (χ3v) is 7.25. The fraction of sp³-hybridized carbons (Fsp3) is 0.286. The molecule has 0 unspecified atom stereocenters. The van der Waals surface area contributed by atoms with Crippen LogP contribution in [-0.4, -0.2) is 28.8 Å². The van der Waals surface area contributed by atoms with Crippen molar-refractivity contribution < 1.29 is 13.2 Å². The SMILES string of the molecule is CC(C)(C)C(=O)Nc1nnc(S(=O)(=O)N(Cc2ccccc2)Cc2ccccc2)s1. The van der Waals surface area contributed by atoms with E-state index in [0.29, 0.717) is 0 Å². The fourth-order valence-corrected chi connectivity index (χ4v) is 5.01. The standard InChI is InChI=1S/C21H24N4O3S2/c1-21(2,3)18(26)22-19-23-24-20(29-19)30(27,28)25(14-16-10-6-4-7-11-16)15-17-12-8-5-9-13-17/h4-13H,14-15H2,1-3H3,(H,22,23,26). The molecular weight excluding hydrogens is 420 g/mol. The molecular formula is C21H24N4O3S2. The second-order valence-electron chi connectivity index (χ2n) is 7.82. The second-order valence-corrected chi connectivity index (χ2v) is 10.9. The van der Waals surface area contributed by atoms with Gasteiger partial charge in [-0.1, -0.05) is 92.8 Å². The number of rotatable bonds is 7. The molecule has 1 amide bonds. The Bertz CT molecular complexity index is 1050. The van der Waals surface area contributed by atoms with E-state index in [4.69, 9.17) is 0 Å². The maximum Gasteiger partial charge on any atom is 0.272 e. The van der Waals surface area contributed by atoms with Gasteiger partial charge in [0.2, 0.25) is 15.4 Å². The maximum atomic E-state index is 13.4. The van der Waals surface area contributed by atoms with Crippen LogP contribution in [0.4, 0.5) is 5.13 Å². The number of hydrogen-bond donors (Lipinski definition) is 1. The summed E-state index contributed by atoms with van der Waals surface area (Å²) < 4.78 is 27.9. The molecule has 30 heavy (non-hydrogen) atoms. The molecule has 0 saturated heterocycles. The van der Waals surface area contributed by atoms with Gasteiger partial charge in [-0.25, -0.2) is 8.42 Å². The van der Waals surface area contributed by atoms with Crippen LogP contribution in [0.1, 0.15) is 31.9 Å². The summed E-state index contributed by atoms with van der Waals surface area (Å²) in [6, 6.07) is 18.8. The Kier molecular flexibility index (Phi) is 6.64. The van der Waals surface area contributed by atoms with E-state index in [1.807, 2.05) is 60.7 Å². The van der Waals surface area contributed by atoms with Crippen molar-refractivity contribution in [1.82, 2.24) is 14.5 Å². The van der Waals surface area contributed by atoms with Crippen molar-refractivity contribution in [3.05, 3.63) is 71.8 Å². The van der Waals surface area contributed by atoms with Crippen LogP contribution in [0.25, 0.3) is 0 Å². The Morgan fingerprint density at radius 1 is 0.933 bits per heavy atom. The summed E-state index contributed by atoms with van der Waals surface area (Å²) in [5.41, 5.74) is 1.10. The van der Waals surface area contributed by atoms with Crippen molar-refractivity contribution in [2.24, 2.45) is 5.41 Å². The van der Waals surface area contributed by atoms with Crippen molar-refractivity contribution in [3.8, 4) is 0 Å². The van der Waals surface area contributed by atoms with Gasteiger partial charge in [-0.05, 0) is 11.1 Å². The van der Waals surface area contributed by atoms with Gasteiger partial charge < -0.3 is 5.32 Å². The highest BCUT2D eigenvalue weighted by Crippen LogP contribution is 2.27. The summed E-state index contributed by atoms with van der Waals surface area (Å²) in [7, 11) is -3.92. The molecule has 0 fully saturated rings. The van der Waals surface area contributed by atoms with Gasteiger partial charge in [0, 0.05) is 18.5 Å². The maximum absolute atomic E-state index is 13.4. The minimum absolute atomic E-state index is 0.154. The second kappa shape index (κ2) is 9.03. The molecule has 3 aromatic rings. The minimum Gasteiger partial charge on any atom is -0.300 e. The number of anilines is 1. The van der Waals surface area contributed by atoms with Crippen LogP contribution in [0.2, 0.25) is 0 Å². The Labute approximate surface area is 180 Å². The lowest BCUT2D eigenvalue weighted by Crippen LogP contribution is -2.30. The summed E-state index contributed by atoms with van der Waals surface area (Å²) in [4.78, 5) is 12.2. The molecule has 158 valence electrons. The summed E-state index contributed by atoms with van der Waals surface area (Å²) in [5, 5.41) is 10.5. The molecule has 0 aliphatic rings. The third-order valence-electron chi connectivity index (χ3n) is 4.27. The molecule has 0 atom stereocenters. The zero-order chi connectivity index (χ0) is 21.8. The lowest BCUT2D eigenvalue weighted by atomic mass is 9.96. The Morgan fingerprint density at radius 2 is 1.43 bits per heavy atom. The smallest absolute Gasteiger partial charge is 0.272 e. The lowest BCUT2D eigenvalue weighted by molar-refractivity contribution is -0.123. The Morgan fingerprint density at radius 3 is 1.90 bits per heavy atom. The molecule has 1 aromatic heterocycles. The van der Waals surface area contributed by atoms with Crippen LogP contribution in [0.3, 0.4) is 0 Å². The zero-order valence-electron chi connectivity index (χ0n) is 17.1. The minimum atomic E-state index is -3.92. The van der Waals surface area contributed by atoms with Gasteiger partial charge in [-0.3, -0.25) is 4.79 Å². The van der Waals surface area contributed by atoms with Crippen LogP contribution in [-0.2, 0) is 27.9 Å². The summed E-state index contributed by atoms with van der Waals surface area (Å²) in [6.45, 7) is 5.69. The highest BCUT2D eigenvalue weighted by molar-refractivity contribution is 7.91. The van der Waals surface area contributed by atoms with Crippen molar-refractivity contribution in [1.29, 1.82) is 0 Å². The topological polar surface area (TPSA) is 92.3 Å². The largest absolute Gasteiger partial charge is 0.300 e. The van der Waals surface area contributed by atoms with Gasteiger partial charge in [0.05, 0.1) is 0 Å². The van der Waals surface area contributed by atoms with Crippen LogP contribution >= 0.6 is 11.3 Å². The van der Waals surface area contributed by atoms with Crippen molar-refractivity contribution >= 4 is 32.4 Å². The van der Waals surface area contributed by atoms with Gasteiger partial charge in [0.25, 0.3) is 10.0 Å². The quantitative estimate of drug-likeness (QED) is 0.558. The monoisotopic (exact) mass is 444 g/mol. The van der Waals surface area contributed by atoms with E-state index >= 15 is 0 Å². The van der Waals surface area contributed by atoms with Crippen molar-refractivity contribution in [2.75, 3.05) is 5.32 Å². The summed E-state index contributed by atoms with van der Waals surface area (Å²) in [5.74, 6) is -0.256. The van der Waals surface area contributed by atoms with E-state index in [-0.39, 0.29) is 28.5 Å². The van der Waals surface area contributed by atoms with E-state index < -0.39 is 15.4 Å². The summed E-state index contributed by atoms with van der Waals surface area (Å²) in [6.07, 6.45) is 0. The molecule has 1 heterocycles. The van der Waals surface area contributed by atoms with Gasteiger partial charge in [-0.2, -0.15) is 4.31 Å². The van der Waals surface area contributed by atoms with Gasteiger partial charge in [0.1, 0.15) is 0 Å². The molecule has 1 N–H and O–H groups in total. The molecule has 2 aromatic carbocycles. The van der Waals surface area contributed by atoms with Gasteiger partial charge in [0.15, 0.2) is 0 Å².